The van der Waals surface area contributed by atoms with Crippen molar-refractivity contribution >= 4 is 23.3 Å². The van der Waals surface area contributed by atoms with Crippen LogP contribution in [0.5, 0.6) is 0 Å². The van der Waals surface area contributed by atoms with Crippen molar-refractivity contribution in [1.29, 1.82) is 0 Å². The molecule has 0 amide bonds. The van der Waals surface area contributed by atoms with E-state index in [1.807, 2.05) is 12.1 Å². The Kier molecular flexibility index (Phi) is 5.56. The number of anilines is 1. The van der Waals surface area contributed by atoms with Crippen LogP contribution in [0.3, 0.4) is 0 Å². The quantitative estimate of drug-likeness (QED) is 0.846. The van der Waals surface area contributed by atoms with E-state index in [-0.39, 0.29) is 5.82 Å². The molecule has 6 heteroatoms. The summed E-state index contributed by atoms with van der Waals surface area (Å²) >= 11 is 6.06. The normalized spacial score (nSPS) is 15.4. The lowest BCUT2D eigenvalue weighted by Gasteiger charge is -2.34. The minimum atomic E-state index is -0.915. The predicted octanol–water partition coefficient (Wildman–Crippen LogP) is 3.94. The molecule has 4 nitrogen and oxygen atoms in total. The maximum absolute atomic E-state index is 13.8. The maximum atomic E-state index is 13.8. The Labute approximate surface area is 151 Å². The Hall–Kier alpha value is -2.11. The third-order valence-electron chi connectivity index (χ3n) is 4.60. The van der Waals surface area contributed by atoms with Crippen LogP contribution in [0.25, 0.3) is 0 Å². The summed E-state index contributed by atoms with van der Waals surface area (Å²) in [7, 11) is 0. The molecule has 0 spiro atoms. The number of hydrogen-bond acceptors (Lipinski definition) is 3. The molecule has 1 saturated heterocycles. The molecule has 0 aromatic heterocycles. The highest BCUT2D eigenvalue weighted by atomic mass is 35.5. The fourth-order valence-corrected chi connectivity index (χ4v) is 3.33. The Morgan fingerprint density at radius 3 is 2.48 bits per heavy atom. The van der Waals surface area contributed by atoms with Crippen molar-refractivity contribution < 1.29 is 14.3 Å². The highest BCUT2D eigenvalue weighted by molar-refractivity contribution is 6.31. The zero-order chi connectivity index (χ0) is 17.8. The molecule has 0 unspecified atom stereocenters. The number of carboxylic acids is 1. The van der Waals surface area contributed by atoms with Crippen LogP contribution < -0.4 is 10.2 Å². The first-order chi connectivity index (χ1) is 12.0. The maximum Gasteiger partial charge on any atom is 0.335 e. The van der Waals surface area contributed by atoms with E-state index in [4.69, 9.17) is 16.7 Å². The number of carbonyl (C=O) groups is 1. The summed E-state index contributed by atoms with van der Waals surface area (Å²) in [6.45, 7) is 2.16. The van der Waals surface area contributed by atoms with E-state index in [9.17, 15) is 9.18 Å². The average Bonchev–Trinajstić information content (AvgIpc) is 2.62. The van der Waals surface area contributed by atoms with Gasteiger partial charge in [0.25, 0.3) is 0 Å². The third-order valence-corrected chi connectivity index (χ3v) is 4.96. The average molecular weight is 363 g/mol. The molecule has 1 aliphatic heterocycles. The third kappa shape index (κ3) is 4.30. The van der Waals surface area contributed by atoms with E-state index in [1.54, 1.807) is 24.3 Å². The van der Waals surface area contributed by atoms with Gasteiger partial charge in [-0.1, -0.05) is 17.7 Å². The minimum absolute atomic E-state index is 0.282. The van der Waals surface area contributed by atoms with Crippen LogP contribution in [-0.2, 0) is 6.54 Å². The van der Waals surface area contributed by atoms with E-state index < -0.39 is 5.97 Å². The molecule has 2 N–H and O–H groups in total. The zero-order valence-corrected chi connectivity index (χ0v) is 14.5. The molecule has 2 aromatic carbocycles. The van der Waals surface area contributed by atoms with E-state index >= 15 is 0 Å². The number of rotatable bonds is 5. The predicted molar refractivity (Wildman–Crippen MR) is 96.9 cm³/mol. The largest absolute Gasteiger partial charge is 0.478 e. The smallest absolute Gasteiger partial charge is 0.335 e. The van der Waals surface area contributed by atoms with Gasteiger partial charge in [-0.05, 0) is 49.2 Å². The SMILES string of the molecule is O=C(O)c1ccc(N2CCC(NCc3c(F)cccc3Cl)CC2)cc1. The molecule has 3 rings (SSSR count). The van der Waals surface area contributed by atoms with Crippen molar-refractivity contribution in [3.8, 4) is 0 Å². The van der Waals surface area contributed by atoms with Crippen molar-refractivity contribution in [1.82, 2.24) is 5.32 Å². The molecule has 1 heterocycles. The van der Waals surface area contributed by atoms with Gasteiger partial charge in [-0.15, -0.1) is 0 Å². The number of nitrogens with zero attached hydrogens (tertiary/aromatic N) is 1. The van der Waals surface area contributed by atoms with Gasteiger partial charge in [0.15, 0.2) is 0 Å². The summed E-state index contributed by atoms with van der Waals surface area (Å²) in [6, 6.07) is 12.0. The van der Waals surface area contributed by atoms with E-state index in [0.717, 1.165) is 31.6 Å². The second-order valence-electron chi connectivity index (χ2n) is 6.19. The van der Waals surface area contributed by atoms with Crippen LogP contribution in [0.2, 0.25) is 5.02 Å². The number of carboxylic acid groups (broad SMARTS) is 1. The van der Waals surface area contributed by atoms with Crippen molar-refractivity contribution in [3.05, 3.63) is 64.4 Å². The second kappa shape index (κ2) is 7.85. The highest BCUT2D eigenvalue weighted by Crippen LogP contribution is 2.22. The molecule has 132 valence electrons. The fraction of sp³-hybridized carbons (Fsp3) is 0.316. The molecule has 0 radical (unpaired) electrons. The van der Waals surface area contributed by atoms with Crippen LogP contribution in [0.15, 0.2) is 42.5 Å². The molecule has 0 saturated carbocycles. The van der Waals surface area contributed by atoms with Gasteiger partial charge in [0.2, 0.25) is 0 Å². The number of aromatic carboxylic acids is 1. The number of piperidine rings is 1. The number of hydrogen-bond donors (Lipinski definition) is 2. The van der Waals surface area contributed by atoms with Gasteiger partial charge in [-0.2, -0.15) is 0 Å². The monoisotopic (exact) mass is 362 g/mol. The Bertz CT molecular complexity index is 723. The summed E-state index contributed by atoms with van der Waals surface area (Å²) in [5.74, 6) is -1.20. The van der Waals surface area contributed by atoms with E-state index in [1.165, 1.54) is 6.07 Å². The summed E-state index contributed by atoms with van der Waals surface area (Å²) in [5.41, 5.74) is 1.83. The van der Waals surface area contributed by atoms with Crippen molar-refractivity contribution in [2.75, 3.05) is 18.0 Å². The molecule has 1 fully saturated rings. The zero-order valence-electron chi connectivity index (χ0n) is 13.7. The van der Waals surface area contributed by atoms with Crippen molar-refractivity contribution in [2.24, 2.45) is 0 Å². The fourth-order valence-electron chi connectivity index (χ4n) is 3.10. The van der Waals surface area contributed by atoms with Gasteiger partial charge in [0.1, 0.15) is 5.82 Å². The van der Waals surface area contributed by atoms with Crippen molar-refractivity contribution in [2.45, 2.75) is 25.4 Å². The number of nitrogens with one attached hydrogen (secondary N) is 1. The molecular formula is C19H20ClFN2O2. The van der Waals surface area contributed by atoms with Crippen LogP contribution in [0.4, 0.5) is 10.1 Å². The molecular weight excluding hydrogens is 343 g/mol. The van der Waals surface area contributed by atoms with Crippen LogP contribution in [0.1, 0.15) is 28.8 Å². The number of halogens is 2. The van der Waals surface area contributed by atoms with Gasteiger partial charge >= 0.3 is 5.97 Å². The van der Waals surface area contributed by atoms with Gasteiger partial charge in [0.05, 0.1) is 5.56 Å². The van der Waals surface area contributed by atoms with Crippen LogP contribution in [0, 0.1) is 5.82 Å². The lowest BCUT2D eigenvalue weighted by Crippen LogP contribution is -2.42. The van der Waals surface area contributed by atoms with Crippen LogP contribution >= 0.6 is 11.6 Å². The minimum Gasteiger partial charge on any atom is -0.478 e. The molecule has 0 bridgehead atoms. The molecule has 25 heavy (non-hydrogen) atoms. The van der Waals surface area contributed by atoms with Gasteiger partial charge in [0, 0.05) is 41.9 Å². The van der Waals surface area contributed by atoms with Gasteiger partial charge < -0.3 is 15.3 Å². The Balaban J connectivity index is 1.52. The van der Waals surface area contributed by atoms with E-state index in [2.05, 4.69) is 10.2 Å². The first kappa shape index (κ1) is 17.7. The van der Waals surface area contributed by atoms with Gasteiger partial charge in [-0.3, -0.25) is 0 Å². The Morgan fingerprint density at radius 1 is 1.20 bits per heavy atom. The van der Waals surface area contributed by atoms with Crippen molar-refractivity contribution in [3.63, 3.8) is 0 Å². The topological polar surface area (TPSA) is 52.6 Å². The Morgan fingerprint density at radius 2 is 1.88 bits per heavy atom. The molecule has 0 aliphatic carbocycles. The summed E-state index contributed by atoms with van der Waals surface area (Å²) in [4.78, 5) is 13.1. The van der Waals surface area contributed by atoms with E-state index in [0.29, 0.717) is 28.7 Å². The lowest BCUT2D eigenvalue weighted by atomic mass is 10.0. The summed E-state index contributed by atoms with van der Waals surface area (Å²) in [6.07, 6.45) is 1.87. The number of benzene rings is 2. The summed E-state index contributed by atoms with van der Waals surface area (Å²) < 4.78 is 13.8. The first-order valence-corrected chi connectivity index (χ1v) is 8.67. The lowest BCUT2D eigenvalue weighted by molar-refractivity contribution is 0.0697. The van der Waals surface area contributed by atoms with Crippen LogP contribution in [-0.4, -0.2) is 30.2 Å². The first-order valence-electron chi connectivity index (χ1n) is 8.29. The molecule has 2 aromatic rings. The standard InChI is InChI=1S/C19H20ClFN2O2/c20-17-2-1-3-18(21)16(17)12-22-14-8-10-23(11-9-14)15-6-4-13(5-7-15)19(24)25/h1-7,14,22H,8-12H2,(H,24,25). The van der Waals surface area contributed by atoms with Gasteiger partial charge in [-0.25, -0.2) is 9.18 Å². The molecule has 0 atom stereocenters. The summed E-state index contributed by atoms with van der Waals surface area (Å²) in [5, 5.41) is 12.8. The molecule has 1 aliphatic rings. The second-order valence-corrected chi connectivity index (χ2v) is 6.60. The highest BCUT2D eigenvalue weighted by Gasteiger charge is 2.20.